The Labute approximate surface area is 189 Å². The monoisotopic (exact) mass is 477 g/mol. The van der Waals surface area contributed by atoms with Crippen LogP contribution < -0.4 is 5.73 Å². The molecular formula is C19H19N5O8S. The van der Waals surface area contributed by atoms with Crippen LogP contribution in [0.2, 0.25) is 0 Å². The molecule has 0 spiro atoms. The molecule has 0 saturated carbocycles. The summed E-state index contributed by atoms with van der Waals surface area (Å²) in [5, 5.41) is 49.2. The highest BCUT2D eigenvalue weighted by Gasteiger charge is 2.58. The van der Waals surface area contributed by atoms with Crippen LogP contribution in [0.4, 0.5) is 5.82 Å². The lowest BCUT2D eigenvalue weighted by atomic mass is 9.92. The Hall–Kier alpha value is -3.48. The Morgan fingerprint density at radius 3 is 2.79 bits per heavy atom. The van der Waals surface area contributed by atoms with E-state index in [1.54, 1.807) is 17.5 Å². The van der Waals surface area contributed by atoms with Crippen LogP contribution >= 0.6 is 11.3 Å². The van der Waals surface area contributed by atoms with Gasteiger partial charge in [-0.2, -0.15) is 5.10 Å². The van der Waals surface area contributed by atoms with Crippen molar-refractivity contribution in [3.63, 3.8) is 0 Å². The molecule has 0 amide bonds. The number of hydrogen-bond acceptors (Lipinski definition) is 10. The van der Waals surface area contributed by atoms with Gasteiger partial charge in [0.25, 0.3) is 5.60 Å². The second-order valence-corrected chi connectivity index (χ2v) is 8.43. The van der Waals surface area contributed by atoms with Crippen LogP contribution in [0.5, 0.6) is 0 Å². The third-order valence-electron chi connectivity index (χ3n) is 5.50. The normalized spacial score (nSPS) is 25.3. The SMILES string of the molecule is C#C[C@@]1(O)[C@@H](COC(Cc2cccs2)(C(=O)O)C(=O)O)O[C@@H](n2cnc3c(N)[nH]nc32)[C@@H]1O. The van der Waals surface area contributed by atoms with E-state index in [0.29, 0.717) is 10.4 Å². The lowest BCUT2D eigenvalue weighted by Crippen LogP contribution is -2.54. The summed E-state index contributed by atoms with van der Waals surface area (Å²) in [6, 6.07) is 3.21. The van der Waals surface area contributed by atoms with E-state index >= 15 is 0 Å². The van der Waals surface area contributed by atoms with E-state index < -0.39 is 54.6 Å². The topological polar surface area (TPSA) is 206 Å². The van der Waals surface area contributed by atoms with E-state index in [4.69, 9.17) is 21.6 Å². The minimum absolute atomic E-state index is 0.171. The fourth-order valence-electron chi connectivity index (χ4n) is 3.62. The van der Waals surface area contributed by atoms with Crippen LogP contribution in [0, 0.1) is 12.3 Å². The zero-order chi connectivity index (χ0) is 24.0. The van der Waals surface area contributed by atoms with Gasteiger partial charge in [0.2, 0.25) is 0 Å². The number of rotatable bonds is 8. The summed E-state index contributed by atoms with van der Waals surface area (Å²) in [7, 11) is 0. The van der Waals surface area contributed by atoms with Crippen molar-refractivity contribution in [1.82, 2.24) is 19.7 Å². The number of aliphatic hydroxyl groups is 2. The largest absolute Gasteiger partial charge is 0.479 e. The van der Waals surface area contributed by atoms with Crippen LogP contribution in [0.3, 0.4) is 0 Å². The van der Waals surface area contributed by atoms with Crippen molar-refractivity contribution >= 4 is 40.3 Å². The molecular weight excluding hydrogens is 458 g/mol. The van der Waals surface area contributed by atoms with Gasteiger partial charge in [-0.3, -0.25) is 9.67 Å². The summed E-state index contributed by atoms with van der Waals surface area (Å²) in [5.74, 6) is -1.27. The number of carboxylic acid groups (broad SMARTS) is 2. The smallest absolute Gasteiger partial charge is 0.348 e. The van der Waals surface area contributed by atoms with Crippen LogP contribution in [0.25, 0.3) is 11.2 Å². The number of nitrogens with zero attached hydrogens (tertiary/aromatic N) is 3. The molecule has 0 aromatic carbocycles. The van der Waals surface area contributed by atoms with Crippen LogP contribution in [-0.4, -0.2) is 82.1 Å². The highest BCUT2D eigenvalue weighted by molar-refractivity contribution is 7.09. The first-order valence-corrected chi connectivity index (χ1v) is 10.3. The summed E-state index contributed by atoms with van der Waals surface area (Å²) < 4.78 is 12.4. The van der Waals surface area contributed by atoms with E-state index in [1.165, 1.54) is 10.9 Å². The number of nitrogens with two attached hydrogens (primary N) is 1. The number of nitrogens with one attached hydrogen (secondary N) is 1. The number of aliphatic hydroxyl groups excluding tert-OH is 1. The van der Waals surface area contributed by atoms with Crippen molar-refractivity contribution < 1.29 is 39.5 Å². The quantitative estimate of drug-likeness (QED) is 0.175. The molecule has 1 saturated heterocycles. The molecule has 13 nitrogen and oxygen atoms in total. The number of aromatic nitrogens is 4. The summed E-state index contributed by atoms with van der Waals surface area (Å²) in [4.78, 5) is 28.4. The fraction of sp³-hybridized carbons (Fsp3) is 0.368. The van der Waals surface area contributed by atoms with Gasteiger partial charge < -0.3 is 35.6 Å². The number of anilines is 1. The number of imidazole rings is 1. The highest BCUT2D eigenvalue weighted by atomic mass is 32.1. The molecule has 0 unspecified atom stereocenters. The number of aliphatic carboxylic acids is 2. The lowest BCUT2D eigenvalue weighted by molar-refractivity contribution is -0.191. The van der Waals surface area contributed by atoms with Gasteiger partial charge in [0.05, 0.1) is 12.9 Å². The van der Waals surface area contributed by atoms with Crippen molar-refractivity contribution in [3.05, 3.63) is 28.7 Å². The highest BCUT2D eigenvalue weighted by Crippen LogP contribution is 2.39. The number of thiophene rings is 1. The van der Waals surface area contributed by atoms with E-state index in [1.807, 2.05) is 5.92 Å². The number of terminal acetylenes is 1. The molecule has 0 bridgehead atoms. The summed E-state index contributed by atoms with van der Waals surface area (Å²) in [6.07, 6.45) is 1.75. The number of hydrogen-bond donors (Lipinski definition) is 6. The first kappa shape index (κ1) is 22.7. The molecule has 3 aromatic heterocycles. The third-order valence-corrected chi connectivity index (χ3v) is 6.38. The molecule has 7 N–H and O–H groups in total. The predicted octanol–water partition coefficient (Wildman–Crippen LogP) is -0.807. The fourth-order valence-corrected chi connectivity index (χ4v) is 4.39. The Morgan fingerprint density at radius 2 is 2.18 bits per heavy atom. The molecule has 1 aliphatic heterocycles. The molecule has 0 aliphatic carbocycles. The maximum absolute atomic E-state index is 12.0. The van der Waals surface area contributed by atoms with Gasteiger partial charge in [-0.05, 0) is 11.4 Å². The van der Waals surface area contributed by atoms with Gasteiger partial charge >= 0.3 is 11.9 Å². The van der Waals surface area contributed by atoms with E-state index in [9.17, 15) is 30.0 Å². The van der Waals surface area contributed by atoms with E-state index in [-0.39, 0.29) is 11.5 Å². The number of fused-ring (bicyclic) bond motifs is 1. The second kappa shape index (κ2) is 8.14. The van der Waals surface area contributed by atoms with Crippen molar-refractivity contribution in [2.24, 2.45) is 0 Å². The van der Waals surface area contributed by atoms with Gasteiger partial charge in [0.1, 0.15) is 18.0 Å². The lowest BCUT2D eigenvalue weighted by Gasteiger charge is -2.29. The summed E-state index contributed by atoms with van der Waals surface area (Å²) >= 11 is 1.16. The van der Waals surface area contributed by atoms with E-state index in [2.05, 4.69) is 15.2 Å². The van der Waals surface area contributed by atoms with Gasteiger partial charge in [0.15, 0.2) is 23.0 Å². The van der Waals surface area contributed by atoms with Crippen molar-refractivity contribution in [2.75, 3.05) is 12.3 Å². The number of ether oxygens (including phenoxy) is 2. The van der Waals surface area contributed by atoms with Gasteiger partial charge in [-0.15, -0.1) is 17.8 Å². The second-order valence-electron chi connectivity index (χ2n) is 7.40. The molecule has 1 aliphatic rings. The predicted molar refractivity (Wildman–Crippen MR) is 112 cm³/mol. The van der Waals surface area contributed by atoms with Gasteiger partial charge in [-0.25, -0.2) is 14.6 Å². The molecule has 14 heteroatoms. The Balaban J connectivity index is 1.62. The van der Waals surface area contributed by atoms with E-state index in [0.717, 1.165) is 11.3 Å². The first-order chi connectivity index (χ1) is 15.6. The van der Waals surface area contributed by atoms with Crippen molar-refractivity contribution in [1.29, 1.82) is 0 Å². The molecule has 174 valence electrons. The Bertz CT molecular complexity index is 1220. The Kier molecular flexibility index (Phi) is 5.60. The maximum Gasteiger partial charge on any atom is 0.348 e. The minimum atomic E-state index is -2.67. The summed E-state index contributed by atoms with van der Waals surface area (Å²) in [6.45, 7) is -0.751. The number of nitrogen functional groups attached to an aromatic ring is 1. The molecule has 3 aromatic rings. The number of H-pyrrole nitrogens is 1. The van der Waals surface area contributed by atoms with Gasteiger partial charge in [0, 0.05) is 11.3 Å². The molecule has 4 heterocycles. The first-order valence-electron chi connectivity index (χ1n) is 9.47. The third kappa shape index (κ3) is 3.52. The van der Waals surface area contributed by atoms with Crippen LogP contribution in [0.1, 0.15) is 11.1 Å². The summed E-state index contributed by atoms with van der Waals surface area (Å²) in [5.41, 5.74) is 1.22. The number of aromatic amines is 1. The van der Waals surface area contributed by atoms with Gasteiger partial charge in [-0.1, -0.05) is 12.0 Å². The maximum atomic E-state index is 12.0. The zero-order valence-electron chi connectivity index (χ0n) is 16.8. The van der Waals surface area contributed by atoms with Crippen molar-refractivity contribution in [3.8, 4) is 12.3 Å². The minimum Gasteiger partial charge on any atom is -0.479 e. The number of carbonyl (C=O) groups is 2. The van der Waals surface area contributed by atoms with Crippen LogP contribution in [0.15, 0.2) is 23.8 Å². The molecule has 0 radical (unpaired) electrons. The molecule has 1 fully saturated rings. The molecule has 33 heavy (non-hydrogen) atoms. The zero-order valence-corrected chi connectivity index (χ0v) is 17.6. The average molecular weight is 477 g/mol. The van der Waals surface area contributed by atoms with Crippen LogP contribution in [-0.2, 0) is 25.5 Å². The standard InChI is InChI=1S/C19H19N5O8S/c1-2-18(30)10(7-31-19(16(26)27,17(28)29)6-9-4-3-5-33-9)32-15(12(18)25)24-8-21-11-13(20)22-23-14(11)24/h1,3-5,8,10,12,15,25,30H,6-7H2,(H,26,27)(H,28,29)(H3,20,22,23)/t10-,12+,15-,18-/m1/s1. The molecule has 4 rings (SSSR count). The average Bonchev–Trinajstić information content (AvgIpc) is 3.54. The molecule has 4 atom stereocenters. The number of carboxylic acids is 2. The Morgan fingerprint density at radius 1 is 1.45 bits per heavy atom. The van der Waals surface area contributed by atoms with Crippen molar-refractivity contribution in [2.45, 2.75) is 36.1 Å².